The van der Waals surface area contributed by atoms with Crippen molar-refractivity contribution in [2.75, 3.05) is 26.4 Å². The van der Waals surface area contributed by atoms with E-state index in [0.717, 1.165) is 32.1 Å². The summed E-state index contributed by atoms with van der Waals surface area (Å²) in [5.74, 6) is -0.915. The standard InChI is InChI=1S/C40H79O10P/c1-3-5-7-9-11-13-14-15-16-17-18-19-20-21-22-24-25-27-29-31-39(43)47-35-38(36-49-51(45,46)48-34-37(42)33-41)50-40(44)32-30-28-26-23-12-10-8-6-4-2/h37-38,41-42H,3-36H2,1-2H3,(H,45,46)/t37-,38+/m1/s1. The van der Waals surface area contributed by atoms with E-state index in [4.69, 9.17) is 19.1 Å². The Bertz CT molecular complexity index is 827. The fraction of sp³-hybridized carbons (Fsp3) is 0.950. The van der Waals surface area contributed by atoms with Gasteiger partial charge in [-0.25, -0.2) is 4.57 Å². The molecule has 0 saturated heterocycles. The van der Waals surface area contributed by atoms with Gasteiger partial charge in [-0.15, -0.1) is 0 Å². The van der Waals surface area contributed by atoms with E-state index in [0.29, 0.717) is 12.8 Å². The van der Waals surface area contributed by atoms with Crippen molar-refractivity contribution in [1.29, 1.82) is 0 Å². The van der Waals surface area contributed by atoms with Crippen LogP contribution in [0.25, 0.3) is 0 Å². The SMILES string of the molecule is CCCCCCCCCCCCCCCCCCCCCC(=O)OC[C@@H](COP(=O)(O)OC[C@H](O)CO)OC(=O)CCCCCCCCCCC. The average molecular weight is 751 g/mol. The Labute approximate surface area is 312 Å². The zero-order valence-electron chi connectivity index (χ0n) is 32.8. The van der Waals surface area contributed by atoms with Gasteiger partial charge in [0.15, 0.2) is 6.10 Å². The Morgan fingerprint density at radius 3 is 1.22 bits per heavy atom. The molecule has 0 rings (SSSR count). The molecule has 3 N–H and O–H groups in total. The summed E-state index contributed by atoms with van der Waals surface area (Å²) in [5.41, 5.74) is 0. The van der Waals surface area contributed by atoms with Crippen molar-refractivity contribution in [3.8, 4) is 0 Å². The van der Waals surface area contributed by atoms with E-state index in [1.165, 1.54) is 135 Å². The Balaban J connectivity index is 4.15. The molecule has 0 amide bonds. The number of phosphoric ester groups is 1. The van der Waals surface area contributed by atoms with Crippen molar-refractivity contribution >= 4 is 19.8 Å². The predicted octanol–water partition coefficient (Wildman–Crippen LogP) is 10.7. The third kappa shape index (κ3) is 37.1. The second kappa shape index (κ2) is 37.3. The van der Waals surface area contributed by atoms with Crippen LogP contribution in [0.1, 0.15) is 206 Å². The van der Waals surface area contributed by atoms with Gasteiger partial charge in [0.05, 0.1) is 19.8 Å². The summed E-state index contributed by atoms with van der Waals surface area (Å²) in [6.07, 6.45) is 32.3. The lowest BCUT2D eigenvalue weighted by Crippen LogP contribution is -2.29. The number of aliphatic hydroxyl groups is 2. The molecule has 0 fully saturated rings. The Morgan fingerprint density at radius 1 is 0.510 bits per heavy atom. The largest absolute Gasteiger partial charge is 0.472 e. The van der Waals surface area contributed by atoms with E-state index in [9.17, 15) is 24.2 Å². The van der Waals surface area contributed by atoms with Crippen LogP contribution in [0.15, 0.2) is 0 Å². The first kappa shape index (κ1) is 50.0. The number of hydrogen-bond acceptors (Lipinski definition) is 9. The average Bonchev–Trinajstić information content (AvgIpc) is 3.12. The maximum atomic E-state index is 12.5. The van der Waals surface area contributed by atoms with Gasteiger partial charge in [-0.05, 0) is 12.8 Å². The predicted molar refractivity (Wildman–Crippen MR) is 206 cm³/mol. The number of rotatable bonds is 40. The van der Waals surface area contributed by atoms with E-state index in [1.807, 2.05) is 0 Å². The maximum absolute atomic E-state index is 12.5. The number of ether oxygens (including phenoxy) is 2. The first-order chi connectivity index (χ1) is 24.7. The van der Waals surface area contributed by atoms with E-state index >= 15 is 0 Å². The molecule has 0 aromatic rings. The van der Waals surface area contributed by atoms with Gasteiger partial charge in [-0.1, -0.05) is 181 Å². The molecular weight excluding hydrogens is 671 g/mol. The number of carbonyl (C=O) groups excluding carboxylic acids is 2. The quantitative estimate of drug-likeness (QED) is 0.0314. The summed E-state index contributed by atoms with van der Waals surface area (Å²) in [7, 11) is -4.60. The van der Waals surface area contributed by atoms with Crippen LogP contribution >= 0.6 is 7.82 Å². The van der Waals surface area contributed by atoms with Gasteiger partial charge in [0.25, 0.3) is 0 Å². The monoisotopic (exact) mass is 751 g/mol. The summed E-state index contributed by atoms with van der Waals surface area (Å²) in [4.78, 5) is 34.8. The summed E-state index contributed by atoms with van der Waals surface area (Å²) in [6.45, 7) is 2.38. The van der Waals surface area contributed by atoms with Gasteiger partial charge in [0.2, 0.25) is 0 Å². The molecule has 0 saturated carbocycles. The van der Waals surface area contributed by atoms with Gasteiger partial charge in [0.1, 0.15) is 12.7 Å². The van der Waals surface area contributed by atoms with Crippen LogP contribution in [-0.4, -0.2) is 65.7 Å². The van der Waals surface area contributed by atoms with Crippen molar-refractivity contribution < 1.29 is 47.8 Å². The van der Waals surface area contributed by atoms with E-state index < -0.39 is 51.8 Å². The fourth-order valence-corrected chi connectivity index (χ4v) is 6.78. The molecule has 0 heterocycles. The molecule has 0 aliphatic rings. The molecule has 51 heavy (non-hydrogen) atoms. The minimum Gasteiger partial charge on any atom is -0.462 e. The molecule has 3 atom stereocenters. The van der Waals surface area contributed by atoms with Crippen molar-refractivity contribution in [2.24, 2.45) is 0 Å². The highest BCUT2D eigenvalue weighted by molar-refractivity contribution is 7.47. The van der Waals surface area contributed by atoms with Gasteiger partial charge >= 0.3 is 19.8 Å². The van der Waals surface area contributed by atoms with Crippen LogP contribution in [0.5, 0.6) is 0 Å². The van der Waals surface area contributed by atoms with Crippen molar-refractivity contribution in [3.63, 3.8) is 0 Å². The summed E-state index contributed by atoms with van der Waals surface area (Å²) in [6, 6.07) is 0. The number of hydrogen-bond donors (Lipinski definition) is 3. The van der Waals surface area contributed by atoms with E-state index in [2.05, 4.69) is 18.4 Å². The molecule has 11 heteroatoms. The molecule has 0 aromatic carbocycles. The Hall–Kier alpha value is -1.03. The molecule has 304 valence electrons. The second-order valence-corrected chi connectivity index (χ2v) is 15.8. The summed E-state index contributed by atoms with van der Waals surface area (Å²) < 4.78 is 32.6. The Morgan fingerprint density at radius 2 is 0.843 bits per heavy atom. The molecule has 0 aliphatic carbocycles. The third-order valence-electron chi connectivity index (χ3n) is 9.26. The van der Waals surface area contributed by atoms with Gasteiger partial charge < -0.3 is 24.6 Å². The van der Waals surface area contributed by atoms with Crippen molar-refractivity contribution in [3.05, 3.63) is 0 Å². The lowest BCUT2D eigenvalue weighted by Gasteiger charge is -2.20. The molecule has 10 nitrogen and oxygen atoms in total. The summed E-state index contributed by atoms with van der Waals surface area (Å²) >= 11 is 0. The molecule has 0 aliphatic heterocycles. The van der Waals surface area contributed by atoms with Crippen LogP contribution < -0.4 is 0 Å². The maximum Gasteiger partial charge on any atom is 0.472 e. The normalized spacial score (nSPS) is 13.9. The lowest BCUT2D eigenvalue weighted by atomic mass is 10.0. The fourth-order valence-electron chi connectivity index (χ4n) is 5.99. The van der Waals surface area contributed by atoms with Crippen LogP contribution in [-0.2, 0) is 32.7 Å². The molecule has 0 radical (unpaired) electrons. The van der Waals surface area contributed by atoms with E-state index in [1.54, 1.807) is 0 Å². The second-order valence-electron chi connectivity index (χ2n) is 14.4. The number of phosphoric acid groups is 1. The molecule has 0 bridgehead atoms. The number of esters is 2. The topological polar surface area (TPSA) is 149 Å². The van der Waals surface area contributed by atoms with Gasteiger partial charge in [-0.3, -0.25) is 18.6 Å². The Kier molecular flexibility index (Phi) is 36.5. The van der Waals surface area contributed by atoms with Gasteiger partial charge in [0, 0.05) is 12.8 Å². The smallest absolute Gasteiger partial charge is 0.462 e. The highest BCUT2D eigenvalue weighted by Crippen LogP contribution is 2.43. The van der Waals surface area contributed by atoms with Crippen LogP contribution in [0.2, 0.25) is 0 Å². The lowest BCUT2D eigenvalue weighted by molar-refractivity contribution is -0.161. The first-order valence-electron chi connectivity index (χ1n) is 21.0. The minimum absolute atomic E-state index is 0.190. The highest BCUT2D eigenvalue weighted by atomic mass is 31.2. The van der Waals surface area contributed by atoms with Crippen LogP contribution in [0.3, 0.4) is 0 Å². The van der Waals surface area contributed by atoms with E-state index in [-0.39, 0.29) is 19.4 Å². The highest BCUT2D eigenvalue weighted by Gasteiger charge is 2.27. The van der Waals surface area contributed by atoms with Crippen LogP contribution in [0, 0.1) is 0 Å². The van der Waals surface area contributed by atoms with Crippen molar-refractivity contribution in [1.82, 2.24) is 0 Å². The number of aliphatic hydroxyl groups excluding tert-OH is 2. The minimum atomic E-state index is -4.60. The summed E-state index contributed by atoms with van der Waals surface area (Å²) in [5, 5.41) is 18.3. The van der Waals surface area contributed by atoms with Crippen LogP contribution in [0.4, 0.5) is 0 Å². The first-order valence-corrected chi connectivity index (χ1v) is 22.5. The van der Waals surface area contributed by atoms with Crippen molar-refractivity contribution in [2.45, 2.75) is 219 Å². The van der Waals surface area contributed by atoms with Gasteiger partial charge in [-0.2, -0.15) is 0 Å². The third-order valence-corrected chi connectivity index (χ3v) is 10.2. The number of unbranched alkanes of at least 4 members (excludes halogenated alkanes) is 26. The molecule has 0 spiro atoms. The molecular formula is C40H79O10P. The molecule has 1 unspecified atom stereocenters. The zero-order valence-corrected chi connectivity index (χ0v) is 33.7. The number of carbonyl (C=O) groups is 2. The molecule has 0 aromatic heterocycles. The zero-order chi connectivity index (χ0) is 37.7.